The van der Waals surface area contributed by atoms with Crippen molar-refractivity contribution in [1.29, 1.82) is 0 Å². The van der Waals surface area contributed by atoms with Crippen molar-refractivity contribution >= 4 is 40.4 Å². The summed E-state index contributed by atoms with van der Waals surface area (Å²) in [4.78, 5) is 19.6. The molecule has 2 aromatic rings. The van der Waals surface area contributed by atoms with Crippen LogP contribution in [-0.2, 0) is 16.1 Å². The number of nitrogens with zero attached hydrogens (tertiary/aromatic N) is 5. The molecular formula is C21H24ClN9O2. The lowest BCUT2D eigenvalue weighted by molar-refractivity contribution is -0.117. The van der Waals surface area contributed by atoms with Crippen molar-refractivity contribution in [3.63, 3.8) is 0 Å². The van der Waals surface area contributed by atoms with Gasteiger partial charge in [-0.2, -0.15) is 0 Å². The first-order chi connectivity index (χ1) is 16.0. The van der Waals surface area contributed by atoms with E-state index in [0.717, 1.165) is 22.1 Å². The van der Waals surface area contributed by atoms with Crippen molar-refractivity contribution in [1.82, 2.24) is 10.9 Å². The molecule has 2 aromatic carbocycles. The van der Waals surface area contributed by atoms with Crippen LogP contribution in [0.4, 0.5) is 17.1 Å². The minimum absolute atomic E-state index is 0.358. The summed E-state index contributed by atoms with van der Waals surface area (Å²) in [7, 11) is 0. The van der Waals surface area contributed by atoms with Crippen LogP contribution in [0.25, 0.3) is 10.4 Å². The number of azide groups is 1. The van der Waals surface area contributed by atoms with Crippen LogP contribution in [0.3, 0.4) is 0 Å². The van der Waals surface area contributed by atoms with Crippen LogP contribution < -0.4 is 27.0 Å². The van der Waals surface area contributed by atoms with E-state index in [9.17, 15) is 4.79 Å². The van der Waals surface area contributed by atoms with Crippen molar-refractivity contribution in [3.8, 4) is 0 Å². The third kappa shape index (κ3) is 5.19. The molecule has 1 amide bonds. The normalized spacial score (nSPS) is 16.1. The van der Waals surface area contributed by atoms with Crippen molar-refractivity contribution in [2.75, 3.05) is 30.1 Å². The predicted molar refractivity (Wildman–Crippen MR) is 127 cm³/mol. The minimum Gasteiger partial charge on any atom is -0.381 e. The van der Waals surface area contributed by atoms with Crippen molar-refractivity contribution in [2.45, 2.75) is 24.9 Å². The number of carbonyl (C=O) groups excluding carboxylic acids is 1. The number of anilines is 2. The van der Waals surface area contributed by atoms with E-state index in [2.05, 4.69) is 26.2 Å². The van der Waals surface area contributed by atoms with Crippen LogP contribution in [0.1, 0.15) is 18.4 Å². The number of hydrazine groups is 2. The molecule has 0 unspecified atom stereocenters. The summed E-state index contributed by atoms with van der Waals surface area (Å²) in [5.41, 5.74) is 17.4. The largest absolute Gasteiger partial charge is 0.381 e. The van der Waals surface area contributed by atoms with E-state index in [4.69, 9.17) is 32.7 Å². The van der Waals surface area contributed by atoms with E-state index in [1.54, 1.807) is 18.2 Å². The summed E-state index contributed by atoms with van der Waals surface area (Å²) in [6, 6.07) is 12.9. The van der Waals surface area contributed by atoms with Crippen molar-refractivity contribution < 1.29 is 9.53 Å². The molecule has 2 aliphatic rings. The smallest absolute Gasteiger partial charge is 0.247 e. The Morgan fingerprint density at radius 1 is 1.33 bits per heavy atom. The average Bonchev–Trinajstić information content (AvgIpc) is 2.82. The van der Waals surface area contributed by atoms with Crippen molar-refractivity contribution in [2.24, 2.45) is 15.9 Å². The van der Waals surface area contributed by atoms with Gasteiger partial charge < -0.3 is 15.5 Å². The van der Waals surface area contributed by atoms with Gasteiger partial charge in [0.1, 0.15) is 17.9 Å². The van der Waals surface area contributed by atoms with Gasteiger partial charge in [0, 0.05) is 42.5 Å². The minimum atomic E-state index is -0.514. The lowest BCUT2D eigenvalue weighted by Gasteiger charge is -2.42. The third-order valence-electron chi connectivity index (χ3n) is 5.59. The van der Waals surface area contributed by atoms with Gasteiger partial charge in [-0.1, -0.05) is 28.8 Å². The first kappa shape index (κ1) is 22.8. The van der Waals surface area contributed by atoms with Crippen LogP contribution >= 0.6 is 11.6 Å². The van der Waals surface area contributed by atoms with Crippen molar-refractivity contribution in [3.05, 3.63) is 63.5 Å². The van der Waals surface area contributed by atoms with E-state index < -0.39 is 11.4 Å². The highest BCUT2D eigenvalue weighted by Crippen LogP contribution is 2.39. The zero-order valence-electron chi connectivity index (χ0n) is 17.8. The molecule has 5 N–H and O–H groups in total. The van der Waals surface area contributed by atoms with Gasteiger partial charge >= 0.3 is 0 Å². The van der Waals surface area contributed by atoms with E-state index in [1.165, 1.54) is 0 Å². The second-order valence-electron chi connectivity index (χ2n) is 7.74. The van der Waals surface area contributed by atoms with Gasteiger partial charge in [0.25, 0.3) is 0 Å². The lowest BCUT2D eigenvalue weighted by atomic mass is 9.86. The van der Waals surface area contributed by atoms with Gasteiger partial charge in [0.15, 0.2) is 0 Å². The average molecular weight is 470 g/mol. The summed E-state index contributed by atoms with van der Waals surface area (Å²) >= 11 is 6.07. The molecule has 4 rings (SSSR count). The number of aliphatic imine (C=N–C) groups is 1. The zero-order chi connectivity index (χ0) is 23.3. The molecule has 1 fully saturated rings. The summed E-state index contributed by atoms with van der Waals surface area (Å²) in [5, 5.41) is 8.52. The number of fused-ring (bicyclic) bond motifs is 1. The molecule has 0 aromatic heterocycles. The van der Waals surface area contributed by atoms with E-state index >= 15 is 0 Å². The summed E-state index contributed by atoms with van der Waals surface area (Å²) < 4.78 is 5.58. The fourth-order valence-electron chi connectivity index (χ4n) is 3.83. The highest BCUT2D eigenvalue weighted by atomic mass is 35.5. The third-order valence-corrected chi connectivity index (χ3v) is 5.83. The standard InChI is InChI=1S/C21H24ClN9O2/c22-15-3-1-2-14(10-15)12-25-29-20-21(6-8-33-9-7-21)28-18-11-16(4-5-17(18)27-20)31(24)19(32)13-26-30-23/h1-5,10-11,25,28H,6-9,12-13,24H2,(H,27,29). The van der Waals surface area contributed by atoms with Gasteiger partial charge in [-0.3, -0.25) is 4.79 Å². The number of nitrogens with one attached hydrogen (secondary N) is 3. The number of halogens is 1. The number of nitrogens with two attached hydrogens (primary N) is 1. The van der Waals surface area contributed by atoms with Gasteiger partial charge in [0.2, 0.25) is 5.91 Å². The SMILES string of the molecule is [N-]=[N+]=NCC(=O)N(N)c1ccc2c(c1)NC1(CCOCC1)C(NNCc1cccc(Cl)c1)=N2. The maximum absolute atomic E-state index is 12.1. The molecule has 172 valence electrons. The maximum Gasteiger partial charge on any atom is 0.247 e. The fourth-order valence-corrected chi connectivity index (χ4v) is 4.05. The second-order valence-corrected chi connectivity index (χ2v) is 8.18. The highest BCUT2D eigenvalue weighted by Gasteiger charge is 2.41. The Morgan fingerprint density at radius 3 is 2.91 bits per heavy atom. The number of amidine groups is 1. The molecule has 0 bridgehead atoms. The molecule has 0 radical (unpaired) electrons. The van der Waals surface area contributed by atoms with Gasteiger partial charge in [-0.15, -0.1) is 0 Å². The molecule has 11 nitrogen and oxygen atoms in total. The number of rotatable bonds is 6. The number of amides is 1. The molecule has 33 heavy (non-hydrogen) atoms. The Morgan fingerprint density at radius 2 is 2.15 bits per heavy atom. The fraction of sp³-hybridized carbons (Fsp3) is 0.333. The Kier molecular flexibility index (Phi) is 6.97. The second kappa shape index (κ2) is 10.1. The van der Waals surface area contributed by atoms with Gasteiger partial charge in [-0.25, -0.2) is 21.3 Å². The quantitative estimate of drug-likeness (QED) is 0.127. The molecular weight excluding hydrogens is 446 g/mol. The Hall–Kier alpha value is -3.34. The van der Waals surface area contributed by atoms with E-state index in [0.29, 0.717) is 49.0 Å². The molecule has 1 saturated heterocycles. The summed E-state index contributed by atoms with van der Waals surface area (Å²) in [6.07, 6.45) is 1.42. The molecule has 2 aliphatic heterocycles. The predicted octanol–water partition coefficient (Wildman–Crippen LogP) is 3.16. The van der Waals surface area contributed by atoms with E-state index in [-0.39, 0.29) is 6.54 Å². The number of hydrogen-bond donors (Lipinski definition) is 4. The van der Waals surface area contributed by atoms with Gasteiger partial charge in [-0.05, 0) is 41.4 Å². The lowest BCUT2D eigenvalue weighted by Crippen LogP contribution is -2.59. The molecule has 12 heteroatoms. The van der Waals surface area contributed by atoms with Crippen LogP contribution in [-0.4, -0.2) is 37.0 Å². The first-order valence-corrected chi connectivity index (χ1v) is 10.8. The molecule has 0 atom stereocenters. The summed E-state index contributed by atoms with van der Waals surface area (Å²) in [5.74, 6) is 6.17. The van der Waals surface area contributed by atoms with Crippen LogP contribution in [0.15, 0.2) is 52.6 Å². The monoisotopic (exact) mass is 469 g/mol. The highest BCUT2D eigenvalue weighted by molar-refractivity contribution is 6.30. The number of hydrogen-bond acceptors (Lipinski definition) is 8. The Balaban J connectivity index is 1.55. The maximum atomic E-state index is 12.1. The molecule has 1 spiro atoms. The molecule has 2 heterocycles. The molecule has 0 saturated carbocycles. The van der Waals surface area contributed by atoms with Crippen LogP contribution in [0, 0.1) is 0 Å². The number of ether oxygens (including phenoxy) is 1. The number of benzene rings is 2. The zero-order valence-corrected chi connectivity index (χ0v) is 18.5. The molecule has 0 aliphatic carbocycles. The summed E-state index contributed by atoms with van der Waals surface area (Å²) in [6.45, 7) is 1.38. The van der Waals surface area contributed by atoms with Crippen LogP contribution in [0.2, 0.25) is 5.02 Å². The Labute approximate surface area is 195 Å². The first-order valence-electron chi connectivity index (χ1n) is 10.4. The number of carbonyl (C=O) groups is 1. The van der Waals surface area contributed by atoms with Gasteiger partial charge in [0.05, 0.1) is 17.1 Å². The van der Waals surface area contributed by atoms with E-state index in [1.807, 2.05) is 24.3 Å². The topological polar surface area (TPSA) is 153 Å². The van der Waals surface area contributed by atoms with Crippen LogP contribution in [0.5, 0.6) is 0 Å². The Bertz CT molecular complexity index is 1110.